The van der Waals surface area contributed by atoms with Gasteiger partial charge in [-0.1, -0.05) is 36.4 Å². The molecule has 0 bridgehead atoms. The first-order chi connectivity index (χ1) is 12.3. The zero-order valence-electron chi connectivity index (χ0n) is 13.6. The minimum absolute atomic E-state index is 0.171. The van der Waals surface area contributed by atoms with Gasteiger partial charge < -0.3 is 14.8 Å². The molecule has 0 aliphatic carbocycles. The van der Waals surface area contributed by atoms with E-state index in [4.69, 9.17) is 9.47 Å². The van der Waals surface area contributed by atoms with Gasteiger partial charge in [-0.3, -0.25) is 4.98 Å². The van der Waals surface area contributed by atoms with E-state index in [2.05, 4.69) is 10.3 Å². The quantitative estimate of drug-likeness (QED) is 0.730. The number of alkyl carbamates (subject to hydrolysis) is 1. The summed E-state index contributed by atoms with van der Waals surface area (Å²) in [6, 6.07) is 20.7. The first kappa shape index (κ1) is 16.5. The summed E-state index contributed by atoms with van der Waals surface area (Å²) < 4.78 is 11.0. The predicted molar refractivity (Wildman–Crippen MR) is 94.2 cm³/mol. The third kappa shape index (κ3) is 5.35. The Labute approximate surface area is 146 Å². The van der Waals surface area contributed by atoms with Crippen molar-refractivity contribution in [2.45, 2.75) is 13.2 Å². The summed E-state index contributed by atoms with van der Waals surface area (Å²) in [6.07, 6.45) is 2.91. The van der Waals surface area contributed by atoms with E-state index >= 15 is 0 Å². The molecule has 3 aromatic rings. The summed E-state index contributed by atoms with van der Waals surface area (Å²) >= 11 is 0. The Hall–Kier alpha value is -3.34. The second kappa shape index (κ2) is 8.49. The van der Waals surface area contributed by atoms with Crippen molar-refractivity contribution < 1.29 is 14.3 Å². The number of carbonyl (C=O) groups excluding carboxylic acids is 1. The number of rotatable bonds is 6. The molecule has 25 heavy (non-hydrogen) atoms. The van der Waals surface area contributed by atoms with Crippen LogP contribution in [0.2, 0.25) is 0 Å². The fraction of sp³-hybridized carbons (Fsp3) is 0.100. The van der Waals surface area contributed by atoms with Crippen LogP contribution in [-0.4, -0.2) is 11.1 Å². The molecule has 0 unspecified atom stereocenters. The lowest BCUT2D eigenvalue weighted by molar-refractivity contribution is 0.139. The number of ether oxygens (including phenoxy) is 2. The van der Waals surface area contributed by atoms with Gasteiger partial charge in [-0.25, -0.2) is 4.79 Å². The molecule has 2 aromatic carbocycles. The molecule has 5 nitrogen and oxygen atoms in total. The van der Waals surface area contributed by atoms with Gasteiger partial charge in [0, 0.05) is 18.9 Å². The first-order valence-electron chi connectivity index (χ1n) is 7.91. The smallest absolute Gasteiger partial charge is 0.407 e. The summed E-state index contributed by atoms with van der Waals surface area (Å²) in [5, 5.41) is 2.69. The van der Waals surface area contributed by atoms with Crippen molar-refractivity contribution in [2.75, 3.05) is 0 Å². The Balaban J connectivity index is 1.49. The fourth-order valence-electron chi connectivity index (χ4n) is 2.20. The van der Waals surface area contributed by atoms with Crippen molar-refractivity contribution in [2.24, 2.45) is 0 Å². The van der Waals surface area contributed by atoms with E-state index < -0.39 is 6.09 Å². The van der Waals surface area contributed by atoms with E-state index in [1.807, 2.05) is 66.7 Å². The lowest BCUT2D eigenvalue weighted by Gasteiger charge is -2.09. The largest absolute Gasteiger partial charge is 0.457 e. The van der Waals surface area contributed by atoms with E-state index in [0.29, 0.717) is 12.3 Å². The molecular weight excluding hydrogens is 316 g/mol. The van der Waals surface area contributed by atoms with Gasteiger partial charge in [0.25, 0.3) is 0 Å². The van der Waals surface area contributed by atoms with Gasteiger partial charge in [0.1, 0.15) is 18.1 Å². The van der Waals surface area contributed by atoms with Gasteiger partial charge in [0.05, 0.1) is 0 Å². The van der Waals surface area contributed by atoms with Crippen molar-refractivity contribution in [1.29, 1.82) is 0 Å². The summed E-state index contributed by atoms with van der Waals surface area (Å²) in [5.74, 6) is 1.46. The Morgan fingerprint density at radius 1 is 0.920 bits per heavy atom. The van der Waals surface area contributed by atoms with Crippen molar-refractivity contribution >= 4 is 6.09 Å². The fourth-order valence-corrected chi connectivity index (χ4v) is 2.20. The summed E-state index contributed by atoms with van der Waals surface area (Å²) in [5.41, 5.74) is 1.77. The molecule has 0 saturated carbocycles. The maximum absolute atomic E-state index is 11.8. The average Bonchev–Trinajstić information content (AvgIpc) is 2.67. The van der Waals surface area contributed by atoms with Crippen LogP contribution in [0, 0.1) is 0 Å². The maximum Gasteiger partial charge on any atom is 0.407 e. The molecule has 3 rings (SSSR count). The van der Waals surface area contributed by atoms with E-state index in [9.17, 15) is 4.79 Å². The van der Waals surface area contributed by atoms with Gasteiger partial charge in [-0.15, -0.1) is 0 Å². The van der Waals surface area contributed by atoms with Crippen LogP contribution in [0.25, 0.3) is 0 Å². The number of hydrogen-bond acceptors (Lipinski definition) is 4. The van der Waals surface area contributed by atoms with Crippen LogP contribution in [0.3, 0.4) is 0 Å². The lowest BCUT2D eigenvalue weighted by Crippen LogP contribution is -2.23. The number of aromatic nitrogens is 1. The highest BCUT2D eigenvalue weighted by Gasteiger charge is 2.04. The molecule has 0 saturated heterocycles. The monoisotopic (exact) mass is 334 g/mol. The summed E-state index contributed by atoms with van der Waals surface area (Å²) in [6.45, 7) is 0.550. The van der Waals surface area contributed by atoms with Crippen LogP contribution in [0.4, 0.5) is 4.79 Å². The highest BCUT2D eigenvalue weighted by molar-refractivity contribution is 5.67. The molecule has 0 spiro atoms. The Kier molecular flexibility index (Phi) is 5.61. The van der Waals surface area contributed by atoms with Crippen LogP contribution >= 0.6 is 0 Å². The number of pyridine rings is 1. The van der Waals surface area contributed by atoms with Crippen LogP contribution in [0.15, 0.2) is 79.1 Å². The van der Waals surface area contributed by atoms with Crippen LogP contribution in [0.1, 0.15) is 11.1 Å². The number of nitrogens with zero attached hydrogens (tertiary/aromatic N) is 1. The molecule has 0 aliphatic heterocycles. The molecular formula is C20H18N2O3. The minimum atomic E-state index is -0.474. The van der Waals surface area contributed by atoms with E-state index in [1.165, 1.54) is 0 Å². The molecule has 1 N–H and O–H groups in total. The highest BCUT2D eigenvalue weighted by Crippen LogP contribution is 2.22. The number of benzene rings is 2. The number of para-hydroxylation sites is 1. The normalized spacial score (nSPS) is 10.1. The Morgan fingerprint density at radius 3 is 2.52 bits per heavy atom. The predicted octanol–water partition coefficient (Wildman–Crippen LogP) is 4.30. The molecule has 0 radical (unpaired) electrons. The van der Waals surface area contributed by atoms with Crippen molar-refractivity contribution in [3.8, 4) is 11.5 Å². The van der Waals surface area contributed by atoms with Crippen molar-refractivity contribution in [3.05, 3.63) is 90.3 Å². The highest BCUT2D eigenvalue weighted by atomic mass is 16.5. The zero-order valence-corrected chi connectivity index (χ0v) is 13.6. The molecule has 5 heteroatoms. The van der Waals surface area contributed by atoms with Gasteiger partial charge in [0.15, 0.2) is 0 Å². The van der Waals surface area contributed by atoms with E-state index in [-0.39, 0.29) is 6.61 Å². The van der Waals surface area contributed by atoms with Crippen LogP contribution in [0.5, 0.6) is 11.5 Å². The standard InChI is InChI=1S/C20H18N2O3/c23-20(22-14-17-7-5-11-21-13-17)24-15-16-6-4-10-19(12-16)25-18-8-2-1-3-9-18/h1-13H,14-15H2,(H,22,23). The van der Waals surface area contributed by atoms with Gasteiger partial charge in [0.2, 0.25) is 0 Å². The zero-order chi connectivity index (χ0) is 17.3. The molecule has 1 aromatic heterocycles. The Morgan fingerprint density at radius 2 is 1.72 bits per heavy atom. The number of nitrogens with one attached hydrogen (secondary N) is 1. The van der Waals surface area contributed by atoms with E-state index in [0.717, 1.165) is 16.9 Å². The van der Waals surface area contributed by atoms with Crippen molar-refractivity contribution in [3.63, 3.8) is 0 Å². The molecule has 1 amide bonds. The molecule has 0 fully saturated rings. The third-order valence-electron chi connectivity index (χ3n) is 3.41. The van der Waals surface area contributed by atoms with Crippen molar-refractivity contribution in [1.82, 2.24) is 10.3 Å². The van der Waals surface area contributed by atoms with Crippen LogP contribution in [-0.2, 0) is 17.9 Å². The van der Waals surface area contributed by atoms with Gasteiger partial charge >= 0.3 is 6.09 Å². The van der Waals surface area contributed by atoms with Gasteiger partial charge in [-0.2, -0.15) is 0 Å². The number of hydrogen-bond donors (Lipinski definition) is 1. The van der Waals surface area contributed by atoms with Crippen LogP contribution < -0.4 is 10.1 Å². The molecule has 0 atom stereocenters. The lowest BCUT2D eigenvalue weighted by atomic mass is 10.2. The topological polar surface area (TPSA) is 60.5 Å². The second-order valence-corrected chi connectivity index (χ2v) is 5.35. The molecule has 126 valence electrons. The van der Waals surface area contributed by atoms with E-state index in [1.54, 1.807) is 12.4 Å². The summed E-state index contributed by atoms with van der Waals surface area (Å²) in [4.78, 5) is 15.8. The number of amides is 1. The average molecular weight is 334 g/mol. The second-order valence-electron chi connectivity index (χ2n) is 5.35. The molecule has 1 heterocycles. The first-order valence-corrected chi connectivity index (χ1v) is 7.91. The third-order valence-corrected chi connectivity index (χ3v) is 3.41. The van der Waals surface area contributed by atoms with Gasteiger partial charge in [-0.05, 0) is 41.5 Å². The summed E-state index contributed by atoms with van der Waals surface area (Å²) in [7, 11) is 0. The SMILES string of the molecule is O=C(NCc1cccnc1)OCc1cccc(Oc2ccccc2)c1. The number of carbonyl (C=O) groups is 1. The maximum atomic E-state index is 11.8. The molecule has 0 aliphatic rings. The Bertz CT molecular complexity index is 807. The minimum Gasteiger partial charge on any atom is -0.457 e.